The Morgan fingerprint density at radius 2 is 2.23 bits per heavy atom. The first-order valence-electron chi connectivity index (χ1n) is 3.30. The lowest BCUT2D eigenvalue weighted by Gasteiger charge is -2.06. The van der Waals surface area contributed by atoms with E-state index >= 15 is 0 Å². The zero-order valence-electron chi connectivity index (χ0n) is 6.39. The van der Waals surface area contributed by atoms with Gasteiger partial charge in [0.05, 0.1) is 21.8 Å². The summed E-state index contributed by atoms with van der Waals surface area (Å²) in [7, 11) is 0. The van der Waals surface area contributed by atoms with Gasteiger partial charge in [0.2, 0.25) is 5.96 Å². The molecule has 1 aromatic carbocycles. The first-order chi connectivity index (χ1) is 6.13. The van der Waals surface area contributed by atoms with E-state index in [-0.39, 0.29) is 0 Å². The van der Waals surface area contributed by atoms with Crippen molar-refractivity contribution in [1.29, 1.82) is 0 Å². The summed E-state index contributed by atoms with van der Waals surface area (Å²) < 4.78 is 5.74. The van der Waals surface area contributed by atoms with Crippen LogP contribution in [0.2, 0.25) is 0 Å². The standard InChI is InChI=1S/C7H6Br2IN3/c8-4-1-2-6(5(10)3-4)12-7(11)13-9/h1-3H,(H3,11,12,13). The fourth-order valence-electron chi connectivity index (χ4n) is 0.750. The van der Waals surface area contributed by atoms with E-state index in [9.17, 15) is 0 Å². The highest BCUT2D eigenvalue weighted by Gasteiger charge is 2.00. The third kappa shape index (κ3) is 3.43. The molecule has 0 bridgehead atoms. The second-order valence-corrected chi connectivity index (χ2v) is 4.65. The molecule has 1 rings (SSSR count). The van der Waals surface area contributed by atoms with Crippen LogP contribution in [0.1, 0.15) is 0 Å². The van der Waals surface area contributed by atoms with E-state index < -0.39 is 0 Å². The van der Waals surface area contributed by atoms with Gasteiger partial charge in [-0.1, -0.05) is 15.9 Å². The van der Waals surface area contributed by atoms with Crippen LogP contribution in [0.3, 0.4) is 0 Å². The zero-order valence-corrected chi connectivity index (χ0v) is 11.7. The Kier molecular flexibility index (Phi) is 4.47. The van der Waals surface area contributed by atoms with Crippen molar-refractivity contribution in [2.24, 2.45) is 9.75 Å². The predicted octanol–water partition coefficient (Wildman–Crippen LogP) is 3.09. The Morgan fingerprint density at radius 3 is 2.77 bits per heavy atom. The third-order valence-electron chi connectivity index (χ3n) is 1.28. The lowest BCUT2D eigenvalue weighted by molar-refractivity contribution is 1.51. The Morgan fingerprint density at radius 1 is 1.54 bits per heavy atom. The van der Waals surface area contributed by atoms with Gasteiger partial charge in [-0.25, -0.2) is 0 Å². The van der Waals surface area contributed by atoms with E-state index in [4.69, 9.17) is 5.73 Å². The molecule has 0 fully saturated rings. The van der Waals surface area contributed by atoms with Gasteiger partial charge in [-0.05, 0) is 40.8 Å². The van der Waals surface area contributed by atoms with Crippen LogP contribution < -0.4 is 11.1 Å². The fraction of sp³-hybridized carbons (Fsp3) is 0. The van der Waals surface area contributed by atoms with E-state index in [2.05, 4.69) is 64.0 Å². The van der Waals surface area contributed by atoms with Crippen LogP contribution in [0.5, 0.6) is 0 Å². The number of guanidine groups is 1. The van der Waals surface area contributed by atoms with Crippen molar-refractivity contribution in [3.05, 3.63) is 26.2 Å². The molecule has 0 unspecified atom stereocenters. The SMILES string of the molecule is NC(=NBr)Nc1ccc(Br)cc1I. The molecule has 0 saturated carbocycles. The normalized spacial score (nSPS) is 11.5. The predicted molar refractivity (Wildman–Crippen MR) is 71.0 cm³/mol. The molecule has 0 aromatic heterocycles. The largest absolute Gasteiger partial charge is 0.369 e. The minimum absolute atomic E-state index is 0.334. The maximum atomic E-state index is 5.49. The fourth-order valence-corrected chi connectivity index (χ4v) is 2.28. The van der Waals surface area contributed by atoms with Crippen molar-refractivity contribution >= 4 is 66.3 Å². The van der Waals surface area contributed by atoms with Crippen molar-refractivity contribution < 1.29 is 0 Å². The van der Waals surface area contributed by atoms with Crippen LogP contribution in [0, 0.1) is 3.57 Å². The quantitative estimate of drug-likeness (QED) is 0.418. The minimum atomic E-state index is 0.334. The van der Waals surface area contributed by atoms with Gasteiger partial charge in [-0.2, -0.15) is 4.02 Å². The Labute approximate surface area is 107 Å². The Bertz CT molecular complexity index is 341. The third-order valence-corrected chi connectivity index (χ3v) is 3.05. The molecule has 0 saturated heterocycles. The van der Waals surface area contributed by atoms with Crippen LogP contribution in [0.4, 0.5) is 5.69 Å². The van der Waals surface area contributed by atoms with Gasteiger partial charge in [0.25, 0.3) is 0 Å². The lowest BCUT2D eigenvalue weighted by Crippen LogP contribution is -2.21. The molecule has 1 aromatic rings. The van der Waals surface area contributed by atoms with Crippen molar-refractivity contribution in [3.63, 3.8) is 0 Å². The Hall–Kier alpha value is 0.180. The van der Waals surface area contributed by atoms with Gasteiger partial charge in [0.15, 0.2) is 0 Å². The number of nitrogens with two attached hydrogens (primary N) is 1. The van der Waals surface area contributed by atoms with Gasteiger partial charge in [-0.15, -0.1) is 0 Å². The molecule has 0 spiro atoms. The molecule has 0 aliphatic carbocycles. The van der Waals surface area contributed by atoms with Gasteiger partial charge in [0, 0.05) is 8.04 Å². The summed E-state index contributed by atoms with van der Waals surface area (Å²) in [6.45, 7) is 0. The number of halogens is 3. The number of benzene rings is 1. The molecule has 0 amide bonds. The topological polar surface area (TPSA) is 50.4 Å². The van der Waals surface area contributed by atoms with Gasteiger partial charge in [0.1, 0.15) is 0 Å². The maximum Gasteiger partial charge on any atom is 0.205 e. The molecule has 6 heteroatoms. The summed E-state index contributed by atoms with van der Waals surface area (Å²) in [5.74, 6) is 0.334. The minimum Gasteiger partial charge on any atom is -0.369 e. The van der Waals surface area contributed by atoms with Crippen LogP contribution in [0.15, 0.2) is 26.7 Å². The summed E-state index contributed by atoms with van der Waals surface area (Å²) in [6, 6.07) is 5.85. The smallest absolute Gasteiger partial charge is 0.205 e. The zero-order chi connectivity index (χ0) is 9.84. The Balaban J connectivity index is 2.90. The maximum absolute atomic E-state index is 5.49. The summed E-state index contributed by atoms with van der Waals surface area (Å²) in [4.78, 5) is 0. The summed E-state index contributed by atoms with van der Waals surface area (Å²) in [6.07, 6.45) is 0. The van der Waals surface area contributed by atoms with Crippen LogP contribution in [-0.2, 0) is 0 Å². The van der Waals surface area contributed by atoms with Crippen LogP contribution >= 0.6 is 54.7 Å². The molecule has 0 aliphatic heterocycles. The van der Waals surface area contributed by atoms with Crippen molar-refractivity contribution in [1.82, 2.24) is 0 Å². The molecule has 0 heterocycles. The molecule has 13 heavy (non-hydrogen) atoms. The number of hydrogen-bond acceptors (Lipinski definition) is 1. The number of rotatable bonds is 1. The van der Waals surface area contributed by atoms with Gasteiger partial charge >= 0.3 is 0 Å². The summed E-state index contributed by atoms with van der Waals surface area (Å²) in [5, 5.41) is 2.94. The molecule has 0 aliphatic rings. The van der Waals surface area contributed by atoms with Crippen molar-refractivity contribution in [2.75, 3.05) is 5.32 Å². The lowest BCUT2D eigenvalue weighted by atomic mass is 10.3. The van der Waals surface area contributed by atoms with E-state index in [0.29, 0.717) is 5.96 Å². The van der Waals surface area contributed by atoms with E-state index in [1.165, 1.54) is 0 Å². The average molecular weight is 419 g/mol. The summed E-state index contributed by atoms with van der Waals surface area (Å²) in [5.41, 5.74) is 6.42. The van der Waals surface area contributed by atoms with Crippen LogP contribution in [-0.4, -0.2) is 5.96 Å². The highest BCUT2D eigenvalue weighted by Crippen LogP contribution is 2.22. The van der Waals surface area contributed by atoms with Gasteiger partial charge in [-0.3, -0.25) is 0 Å². The second kappa shape index (κ2) is 5.16. The van der Waals surface area contributed by atoms with E-state index in [0.717, 1.165) is 13.7 Å². The number of nitrogens with one attached hydrogen (secondary N) is 1. The molecule has 3 nitrogen and oxygen atoms in total. The van der Waals surface area contributed by atoms with E-state index in [1.54, 1.807) is 0 Å². The molecule has 3 N–H and O–H groups in total. The molecular formula is C7H6Br2IN3. The highest BCUT2D eigenvalue weighted by molar-refractivity contribution is 14.1. The van der Waals surface area contributed by atoms with Crippen molar-refractivity contribution in [3.8, 4) is 0 Å². The number of hydrogen-bond donors (Lipinski definition) is 2. The molecule has 70 valence electrons. The molecular weight excluding hydrogens is 413 g/mol. The molecule has 0 radical (unpaired) electrons. The second-order valence-electron chi connectivity index (χ2n) is 2.22. The number of nitrogens with zero attached hydrogens (tertiary/aromatic N) is 1. The van der Waals surface area contributed by atoms with Crippen LogP contribution in [0.25, 0.3) is 0 Å². The average Bonchev–Trinajstić information content (AvgIpc) is 2.09. The number of anilines is 1. The first-order valence-corrected chi connectivity index (χ1v) is 5.88. The monoisotopic (exact) mass is 417 g/mol. The molecule has 0 atom stereocenters. The highest BCUT2D eigenvalue weighted by atomic mass is 127. The van der Waals surface area contributed by atoms with Gasteiger partial charge < -0.3 is 11.1 Å². The van der Waals surface area contributed by atoms with Crippen molar-refractivity contribution in [2.45, 2.75) is 0 Å². The first kappa shape index (κ1) is 11.3. The van der Waals surface area contributed by atoms with E-state index in [1.807, 2.05) is 18.2 Å². The summed E-state index contributed by atoms with van der Waals surface area (Å²) >= 11 is 8.49.